The number of halogens is 3. The number of carbonyl (C=O) groups is 3. The van der Waals surface area contributed by atoms with E-state index in [1.54, 1.807) is 12.1 Å². The highest BCUT2D eigenvalue weighted by atomic mass is 35.5. The highest BCUT2D eigenvalue weighted by Crippen LogP contribution is 2.19. The molecule has 11 heteroatoms. The molecule has 0 radical (unpaired) electrons. The molecule has 1 saturated heterocycles. The maximum Gasteiger partial charge on any atom is 0.243 e. The molecule has 1 unspecified atom stereocenters. The SMILES string of the molecule is O=C(CN1CCCC(C(=O)Nc2ccc(Cl)cn2)C1)NCC(=O)Nc1ccc(F)c(F)c1. The molecule has 1 aliphatic rings. The number of piperidine rings is 1. The van der Waals surface area contributed by atoms with E-state index in [1.807, 2.05) is 4.90 Å². The summed E-state index contributed by atoms with van der Waals surface area (Å²) >= 11 is 5.79. The van der Waals surface area contributed by atoms with Crippen LogP contribution in [0.3, 0.4) is 0 Å². The van der Waals surface area contributed by atoms with E-state index in [-0.39, 0.29) is 36.5 Å². The van der Waals surface area contributed by atoms with Crippen LogP contribution < -0.4 is 16.0 Å². The number of hydrogen-bond donors (Lipinski definition) is 3. The second-order valence-corrected chi connectivity index (χ2v) is 7.82. The Hall–Kier alpha value is -3.11. The molecular formula is C21H22ClF2N5O3. The number of nitrogens with one attached hydrogen (secondary N) is 3. The van der Waals surface area contributed by atoms with Crippen LogP contribution in [0.15, 0.2) is 36.5 Å². The maximum absolute atomic E-state index is 13.2. The van der Waals surface area contributed by atoms with Gasteiger partial charge in [0.2, 0.25) is 17.7 Å². The molecule has 2 aromatic rings. The topological polar surface area (TPSA) is 103 Å². The Morgan fingerprint density at radius 1 is 1.09 bits per heavy atom. The first-order valence-electron chi connectivity index (χ1n) is 9.96. The molecule has 1 aromatic heterocycles. The van der Waals surface area contributed by atoms with E-state index < -0.39 is 17.5 Å². The summed E-state index contributed by atoms with van der Waals surface area (Å²) in [5, 5.41) is 8.07. The van der Waals surface area contributed by atoms with Gasteiger partial charge in [0.25, 0.3) is 0 Å². The molecule has 1 aromatic carbocycles. The van der Waals surface area contributed by atoms with Crippen LogP contribution >= 0.6 is 11.6 Å². The van der Waals surface area contributed by atoms with Gasteiger partial charge in [0.05, 0.1) is 24.0 Å². The molecule has 1 aliphatic heterocycles. The Labute approximate surface area is 188 Å². The van der Waals surface area contributed by atoms with Crippen molar-refractivity contribution in [3.8, 4) is 0 Å². The third kappa shape index (κ3) is 6.96. The summed E-state index contributed by atoms with van der Waals surface area (Å²) in [6.45, 7) is 0.755. The number of carbonyl (C=O) groups excluding carboxylic acids is 3. The van der Waals surface area contributed by atoms with Crippen LogP contribution in [0.4, 0.5) is 20.3 Å². The average molecular weight is 466 g/mol. The minimum atomic E-state index is -1.08. The number of aromatic nitrogens is 1. The number of hydrogen-bond acceptors (Lipinski definition) is 5. The minimum absolute atomic E-state index is 0.0292. The number of nitrogens with zero attached hydrogens (tertiary/aromatic N) is 2. The fourth-order valence-electron chi connectivity index (χ4n) is 3.31. The molecule has 2 heterocycles. The first-order chi connectivity index (χ1) is 15.3. The van der Waals surface area contributed by atoms with Crippen molar-refractivity contribution in [2.24, 2.45) is 5.92 Å². The molecule has 3 rings (SSSR count). The van der Waals surface area contributed by atoms with E-state index in [2.05, 4.69) is 20.9 Å². The van der Waals surface area contributed by atoms with E-state index in [0.29, 0.717) is 30.4 Å². The van der Waals surface area contributed by atoms with Crippen molar-refractivity contribution in [3.63, 3.8) is 0 Å². The van der Waals surface area contributed by atoms with E-state index in [0.717, 1.165) is 18.6 Å². The van der Waals surface area contributed by atoms with Crippen molar-refractivity contribution >= 4 is 40.8 Å². The molecule has 0 saturated carbocycles. The largest absolute Gasteiger partial charge is 0.346 e. The van der Waals surface area contributed by atoms with Crippen molar-refractivity contribution < 1.29 is 23.2 Å². The summed E-state index contributed by atoms with van der Waals surface area (Å²) in [5.74, 6) is -3.14. The first kappa shape index (κ1) is 23.6. The van der Waals surface area contributed by atoms with Gasteiger partial charge in [-0.1, -0.05) is 11.6 Å². The smallest absolute Gasteiger partial charge is 0.243 e. The minimum Gasteiger partial charge on any atom is -0.346 e. The lowest BCUT2D eigenvalue weighted by molar-refractivity contribution is -0.127. The zero-order valence-corrected chi connectivity index (χ0v) is 17.8. The summed E-state index contributed by atoms with van der Waals surface area (Å²) in [6, 6.07) is 6.21. The van der Waals surface area contributed by atoms with Crippen molar-refractivity contribution in [1.29, 1.82) is 0 Å². The van der Waals surface area contributed by atoms with Gasteiger partial charge in [-0.25, -0.2) is 13.8 Å². The lowest BCUT2D eigenvalue weighted by Gasteiger charge is -2.31. The lowest BCUT2D eigenvalue weighted by atomic mass is 9.97. The Morgan fingerprint density at radius 3 is 2.62 bits per heavy atom. The van der Waals surface area contributed by atoms with Gasteiger partial charge >= 0.3 is 0 Å². The number of anilines is 2. The second-order valence-electron chi connectivity index (χ2n) is 7.38. The maximum atomic E-state index is 13.2. The van der Waals surface area contributed by atoms with E-state index in [9.17, 15) is 23.2 Å². The van der Waals surface area contributed by atoms with Crippen LogP contribution in [0.25, 0.3) is 0 Å². The quantitative estimate of drug-likeness (QED) is 0.582. The molecular weight excluding hydrogens is 444 g/mol. The van der Waals surface area contributed by atoms with E-state index in [4.69, 9.17) is 11.6 Å². The van der Waals surface area contributed by atoms with Crippen molar-refractivity contribution in [1.82, 2.24) is 15.2 Å². The molecule has 0 aliphatic carbocycles. The number of benzene rings is 1. The zero-order valence-electron chi connectivity index (χ0n) is 17.0. The van der Waals surface area contributed by atoms with Gasteiger partial charge in [0, 0.05) is 24.5 Å². The van der Waals surface area contributed by atoms with Gasteiger partial charge in [-0.05, 0) is 43.7 Å². The van der Waals surface area contributed by atoms with Crippen LogP contribution in [0, 0.1) is 17.6 Å². The van der Waals surface area contributed by atoms with Crippen molar-refractivity contribution in [2.45, 2.75) is 12.8 Å². The van der Waals surface area contributed by atoms with Gasteiger partial charge < -0.3 is 16.0 Å². The van der Waals surface area contributed by atoms with Crippen LogP contribution in [0.5, 0.6) is 0 Å². The summed E-state index contributed by atoms with van der Waals surface area (Å²) in [7, 11) is 0. The Morgan fingerprint density at radius 2 is 1.91 bits per heavy atom. The fraction of sp³-hybridized carbons (Fsp3) is 0.333. The zero-order chi connectivity index (χ0) is 23.1. The number of rotatable bonds is 7. The molecule has 32 heavy (non-hydrogen) atoms. The number of amides is 3. The van der Waals surface area contributed by atoms with Crippen molar-refractivity contribution in [2.75, 3.05) is 36.8 Å². The molecule has 8 nitrogen and oxygen atoms in total. The third-order valence-electron chi connectivity index (χ3n) is 4.87. The molecule has 3 N–H and O–H groups in total. The van der Waals surface area contributed by atoms with Gasteiger partial charge in [-0.3, -0.25) is 19.3 Å². The second kappa shape index (κ2) is 11.0. The van der Waals surface area contributed by atoms with Crippen LogP contribution in [0.1, 0.15) is 12.8 Å². The Balaban J connectivity index is 1.42. The molecule has 0 spiro atoms. The summed E-state index contributed by atoms with van der Waals surface area (Å²) in [5.41, 5.74) is 0.0863. The van der Waals surface area contributed by atoms with E-state index >= 15 is 0 Å². The first-order valence-corrected chi connectivity index (χ1v) is 10.3. The van der Waals surface area contributed by atoms with E-state index in [1.165, 1.54) is 12.3 Å². The standard InChI is InChI=1S/C21H22ClF2N5O3/c22-14-3-6-18(25-9-14)28-21(32)13-2-1-7-29(11-13)12-20(31)26-10-19(30)27-15-4-5-16(23)17(24)8-15/h3-6,8-9,13H,1-2,7,10-12H2,(H,26,31)(H,27,30)(H,25,28,32). The lowest BCUT2D eigenvalue weighted by Crippen LogP contribution is -2.46. The van der Waals surface area contributed by atoms with Crippen LogP contribution in [0.2, 0.25) is 5.02 Å². The highest BCUT2D eigenvalue weighted by molar-refractivity contribution is 6.30. The van der Waals surface area contributed by atoms with Crippen LogP contribution in [-0.2, 0) is 14.4 Å². The third-order valence-corrected chi connectivity index (χ3v) is 5.10. The number of pyridine rings is 1. The normalized spacial score (nSPS) is 16.3. The number of likely N-dealkylation sites (tertiary alicyclic amines) is 1. The van der Waals surface area contributed by atoms with Crippen LogP contribution in [-0.4, -0.2) is 53.8 Å². The van der Waals surface area contributed by atoms with Crippen molar-refractivity contribution in [3.05, 3.63) is 53.2 Å². The molecule has 1 atom stereocenters. The highest BCUT2D eigenvalue weighted by Gasteiger charge is 2.27. The summed E-state index contributed by atoms with van der Waals surface area (Å²) in [4.78, 5) is 42.5. The summed E-state index contributed by atoms with van der Waals surface area (Å²) in [6.07, 6.45) is 2.88. The van der Waals surface area contributed by atoms with Gasteiger partial charge in [0.1, 0.15) is 5.82 Å². The fourth-order valence-corrected chi connectivity index (χ4v) is 3.42. The Kier molecular flexibility index (Phi) is 8.07. The average Bonchev–Trinajstić information content (AvgIpc) is 2.76. The molecule has 170 valence electrons. The van der Waals surface area contributed by atoms with Gasteiger partial charge in [0.15, 0.2) is 11.6 Å². The molecule has 0 bridgehead atoms. The van der Waals surface area contributed by atoms with Gasteiger partial charge in [-0.15, -0.1) is 0 Å². The predicted octanol–water partition coefficient (Wildman–Crippen LogP) is 2.42. The predicted molar refractivity (Wildman–Crippen MR) is 115 cm³/mol. The molecule has 1 fully saturated rings. The summed E-state index contributed by atoms with van der Waals surface area (Å²) < 4.78 is 26.1. The van der Waals surface area contributed by atoms with Gasteiger partial charge in [-0.2, -0.15) is 0 Å². The Bertz CT molecular complexity index is 990. The monoisotopic (exact) mass is 465 g/mol. The molecule has 3 amide bonds.